The molecular formula is C15H18ClNO5. The number of rotatable bonds is 5. The van der Waals surface area contributed by atoms with Crippen LogP contribution in [0.3, 0.4) is 0 Å². The third kappa shape index (κ3) is 3.69. The average Bonchev–Trinajstić information content (AvgIpc) is 2.53. The maximum absolute atomic E-state index is 12.6. The first-order valence-corrected chi connectivity index (χ1v) is 7.44. The molecule has 1 fully saturated rings. The number of aliphatic carboxylic acids is 1. The Balaban J connectivity index is 2.14. The van der Waals surface area contributed by atoms with Crippen LogP contribution in [0.25, 0.3) is 0 Å². The van der Waals surface area contributed by atoms with Crippen molar-refractivity contribution in [3.63, 3.8) is 0 Å². The molecule has 1 aliphatic heterocycles. The van der Waals surface area contributed by atoms with Gasteiger partial charge in [-0.05, 0) is 18.6 Å². The summed E-state index contributed by atoms with van der Waals surface area (Å²) in [4.78, 5) is 25.2. The van der Waals surface area contributed by atoms with Crippen molar-refractivity contribution in [2.24, 2.45) is 0 Å². The Bertz CT molecular complexity index is 550. The predicted molar refractivity (Wildman–Crippen MR) is 80.1 cm³/mol. The minimum absolute atomic E-state index is 0.0103. The molecule has 1 saturated heterocycles. The number of carbonyl (C=O) groups excluding carboxylic acids is 1. The fourth-order valence-corrected chi connectivity index (χ4v) is 2.44. The van der Waals surface area contributed by atoms with Gasteiger partial charge in [-0.1, -0.05) is 30.7 Å². The summed E-state index contributed by atoms with van der Waals surface area (Å²) in [5, 5.41) is 9.62. The van der Waals surface area contributed by atoms with Crippen molar-refractivity contribution in [3.05, 3.63) is 29.3 Å². The van der Waals surface area contributed by atoms with Crippen LogP contribution >= 0.6 is 11.6 Å². The van der Waals surface area contributed by atoms with Crippen LogP contribution in [0.15, 0.2) is 24.3 Å². The van der Waals surface area contributed by atoms with E-state index in [0.717, 1.165) is 0 Å². The summed E-state index contributed by atoms with van der Waals surface area (Å²) in [7, 11) is 0. The van der Waals surface area contributed by atoms with Crippen LogP contribution < -0.4 is 4.74 Å². The predicted octanol–water partition coefficient (Wildman–Crippen LogP) is 1.81. The van der Waals surface area contributed by atoms with Crippen LogP contribution in [0.5, 0.6) is 5.75 Å². The van der Waals surface area contributed by atoms with Gasteiger partial charge in [0.05, 0.1) is 18.2 Å². The van der Waals surface area contributed by atoms with Crippen molar-refractivity contribution in [1.82, 2.24) is 4.90 Å². The number of nitrogens with zero attached hydrogens (tertiary/aromatic N) is 1. The molecule has 1 N–H and O–H groups in total. The van der Waals surface area contributed by atoms with E-state index >= 15 is 0 Å². The van der Waals surface area contributed by atoms with Crippen molar-refractivity contribution >= 4 is 23.5 Å². The quantitative estimate of drug-likeness (QED) is 0.892. The van der Waals surface area contributed by atoms with Crippen molar-refractivity contribution in [2.75, 3.05) is 19.8 Å². The second kappa shape index (κ2) is 7.47. The van der Waals surface area contributed by atoms with Crippen molar-refractivity contribution < 1.29 is 24.2 Å². The molecule has 1 heterocycles. The van der Waals surface area contributed by atoms with Gasteiger partial charge in [-0.2, -0.15) is 0 Å². The molecule has 2 atom stereocenters. The van der Waals surface area contributed by atoms with Gasteiger partial charge in [0.25, 0.3) is 5.91 Å². The van der Waals surface area contributed by atoms with E-state index < -0.39 is 18.1 Å². The summed E-state index contributed by atoms with van der Waals surface area (Å²) < 4.78 is 10.8. The van der Waals surface area contributed by atoms with E-state index in [2.05, 4.69) is 0 Å². The Morgan fingerprint density at radius 2 is 2.23 bits per heavy atom. The van der Waals surface area contributed by atoms with Crippen LogP contribution in [0.2, 0.25) is 5.02 Å². The Hall–Kier alpha value is -1.79. The molecule has 0 aliphatic carbocycles. The number of para-hydroxylation sites is 1. The van der Waals surface area contributed by atoms with Gasteiger partial charge >= 0.3 is 5.97 Å². The molecule has 1 amide bonds. The van der Waals surface area contributed by atoms with Crippen molar-refractivity contribution in [2.45, 2.75) is 25.5 Å². The second-order valence-electron chi connectivity index (χ2n) is 4.91. The third-order valence-corrected chi connectivity index (χ3v) is 3.76. The monoisotopic (exact) mass is 327 g/mol. The number of benzene rings is 1. The maximum Gasteiger partial charge on any atom is 0.328 e. The minimum atomic E-state index is -1.08. The fourth-order valence-electron chi connectivity index (χ4n) is 2.26. The van der Waals surface area contributed by atoms with Crippen LogP contribution in [-0.2, 0) is 14.3 Å². The SMILES string of the molecule is CCC(Oc1ccccc1Cl)C(=O)N1CCOCC1C(=O)O. The highest BCUT2D eigenvalue weighted by Gasteiger charge is 2.36. The zero-order valence-electron chi connectivity index (χ0n) is 12.2. The fraction of sp³-hybridized carbons (Fsp3) is 0.467. The number of hydrogen-bond acceptors (Lipinski definition) is 4. The molecule has 6 nitrogen and oxygen atoms in total. The first kappa shape index (κ1) is 16.6. The highest BCUT2D eigenvalue weighted by molar-refractivity contribution is 6.32. The van der Waals surface area contributed by atoms with Gasteiger partial charge < -0.3 is 19.5 Å². The minimum Gasteiger partial charge on any atom is -0.480 e. The molecule has 0 aromatic heterocycles. The molecule has 120 valence electrons. The number of amides is 1. The molecule has 1 aliphatic rings. The number of carboxylic acids is 1. The summed E-state index contributed by atoms with van der Waals surface area (Å²) in [5.41, 5.74) is 0. The lowest BCUT2D eigenvalue weighted by atomic mass is 10.1. The van der Waals surface area contributed by atoms with Gasteiger partial charge in [0.1, 0.15) is 5.75 Å². The summed E-state index contributed by atoms with van der Waals surface area (Å²) >= 11 is 6.03. The molecule has 1 aromatic carbocycles. The first-order valence-electron chi connectivity index (χ1n) is 7.06. The van der Waals surface area contributed by atoms with Gasteiger partial charge in [0.2, 0.25) is 0 Å². The standard InChI is InChI=1S/C15H18ClNO5/c1-2-12(22-13-6-4-3-5-10(13)16)14(18)17-7-8-21-9-11(17)15(19)20/h3-6,11-12H,2,7-9H2,1H3,(H,19,20). The van der Waals surface area contributed by atoms with E-state index in [1.54, 1.807) is 31.2 Å². The third-order valence-electron chi connectivity index (χ3n) is 3.45. The number of halogens is 1. The molecular weight excluding hydrogens is 310 g/mol. The summed E-state index contributed by atoms with van der Waals surface area (Å²) in [6.07, 6.45) is -0.367. The normalized spacial score (nSPS) is 19.5. The second-order valence-corrected chi connectivity index (χ2v) is 5.31. The number of carboxylic acid groups (broad SMARTS) is 1. The largest absolute Gasteiger partial charge is 0.480 e. The number of hydrogen-bond donors (Lipinski definition) is 1. The van der Waals surface area contributed by atoms with Crippen molar-refractivity contribution in [3.8, 4) is 5.75 Å². The van der Waals surface area contributed by atoms with E-state index in [9.17, 15) is 14.7 Å². The first-order chi connectivity index (χ1) is 10.5. The summed E-state index contributed by atoms with van der Waals surface area (Å²) in [6.45, 7) is 2.34. The molecule has 0 bridgehead atoms. The van der Waals surface area contributed by atoms with Crippen LogP contribution in [0.4, 0.5) is 0 Å². The van der Waals surface area contributed by atoms with E-state index in [0.29, 0.717) is 23.8 Å². The Labute approximate surface area is 133 Å². The average molecular weight is 328 g/mol. The molecule has 2 unspecified atom stereocenters. The lowest BCUT2D eigenvalue weighted by Gasteiger charge is -2.35. The molecule has 2 rings (SSSR count). The van der Waals surface area contributed by atoms with Gasteiger partial charge in [-0.25, -0.2) is 4.79 Å². The Morgan fingerprint density at radius 1 is 1.50 bits per heavy atom. The van der Waals surface area contributed by atoms with E-state index in [1.165, 1.54) is 4.90 Å². The van der Waals surface area contributed by atoms with Gasteiger partial charge in [-0.3, -0.25) is 4.79 Å². The lowest BCUT2D eigenvalue weighted by Crippen LogP contribution is -2.56. The highest BCUT2D eigenvalue weighted by atomic mass is 35.5. The topological polar surface area (TPSA) is 76.1 Å². The van der Waals surface area contributed by atoms with E-state index in [4.69, 9.17) is 21.1 Å². The smallest absolute Gasteiger partial charge is 0.328 e. The zero-order valence-corrected chi connectivity index (χ0v) is 13.0. The van der Waals surface area contributed by atoms with Gasteiger partial charge in [-0.15, -0.1) is 0 Å². The van der Waals surface area contributed by atoms with E-state index in [1.807, 2.05) is 0 Å². The molecule has 1 aromatic rings. The summed E-state index contributed by atoms with van der Waals surface area (Å²) in [6, 6.07) is 5.88. The zero-order chi connectivity index (χ0) is 16.1. The number of carbonyl (C=O) groups is 2. The molecule has 0 radical (unpaired) electrons. The lowest BCUT2D eigenvalue weighted by molar-refractivity contribution is -0.161. The number of ether oxygens (including phenoxy) is 2. The van der Waals surface area contributed by atoms with E-state index in [-0.39, 0.29) is 19.1 Å². The van der Waals surface area contributed by atoms with Crippen LogP contribution in [0, 0.1) is 0 Å². The maximum atomic E-state index is 12.6. The molecule has 22 heavy (non-hydrogen) atoms. The Kier molecular flexibility index (Phi) is 5.63. The van der Waals surface area contributed by atoms with Gasteiger partial charge in [0.15, 0.2) is 12.1 Å². The molecule has 7 heteroatoms. The summed E-state index contributed by atoms with van der Waals surface area (Å²) in [5.74, 6) is -1.04. The molecule has 0 saturated carbocycles. The van der Waals surface area contributed by atoms with Crippen LogP contribution in [0.1, 0.15) is 13.3 Å². The Morgan fingerprint density at radius 3 is 2.86 bits per heavy atom. The van der Waals surface area contributed by atoms with Crippen molar-refractivity contribution in [1.29, 1.82) is 0 Å². The van der Waals surface area contributed by atoms with Gasteiger partial charge in [0, 0.05) is 6.54 Å². The van der Waals surface area contributed by atoms with Crippen LogP contribution in [-0.4, -0.2) is 53.8 Å². The molecule has 0 spiro atoms. The number of morpholine rings is 1. The highest BCUT2D eigenvalue weighted by Crippen LogP contribution is 2.25.